The maximum atomic E-state index is 12.9. The van der Waals surface area contributed by atoms with E-state index in [2.05, 4.69) is 22.9 Å². The molecule has 27 heavy (non-hydrogen) atoms. The highest BCUT2D eigenvalue weighted by Crippen LogP contribution is 2.38. The summed E-state index contributed by atoms with van der Waals surface area (Å²) in [5.74, 6) is 0.126. The largest absolute Gasteiger partial charge is 0.354 e. The second-order valence-electron chi connectivity index (χ2n) is 7.85. The van der Waals surface area contributed by atoms with Crippen molar-refractivity contribution in [2.45, 2.75) is 57.9 Å². The van der Waals surface area contributed by atoms with Gasteiger partial charge in [0.2, 0.25) is 11.8 Å². The van der Waals surface area contributed by atoms with Crippen molar-refractivity contribution >= 4 is 23.4 Å². The van der Waals surface area contributed by atoms with Crippen LogP contribution >= 0.6 is 0 Å². The van der Waals surface area contributed by atoms with Crippen molar-refractivity contribution in [1.29, 1.82) is 0 Å². The Morgan fingerprint density at radius 1 is 1.15 bits per heavy atom. The van der Waals surface area contributed by atoms with Gasteiger partial charge in [0, 0.05) is 23.7 Å². The number of carbonyl (C=O) groups excluding carboxylic acids is 3. The van der Waals surface area contributed by atoms with Gasteiger partial charge in [-0.3, -0.25) is 14.4 Å². The molecule has 3 rings (SSSR count). The molecule has 3 amide bonds. The van der Waals surface area contributed by atoms with Crippen LogP contribution in [0.5, 0.6) is 0 Å². The third-order valence-electron chi connectivity index (χ3n) is 5.67. The Morgan fingerprint density at radius 2 is 1.85 bits per heavy atom. The van der Waals surface area contributed by atoms with Crippen LogP contribution in [0.3, 0.4) is 0 Å². The molecule has 3 N–H and O–H groups in total. The summed E-state index contributed by atoms with van der Waals surface area (Å²) in [4.78, 5) is 37.6. The summed E-state index contributed by atoms with van der Waals surface area (Å²) in [5, 5.41) is 8.74. The number of anilines is 1. The first-order valence-corrected chi connectivity index (χ1v) is 9.97. The summed E-state index contributed by atoms with van der Waals surface area (Å²) in [6.45, 7) is 4.47. The number of hydrogen-bond donors (Lipinski definition) is 3. The molecule has 0 radical (unpaired) electrons. The molecule has 0 heterocycles. The molecular formula is C21H29N3O3. The Balaban J connectivity index is 1.71. The second-order valence-corrected chi connectivity index (χ2v) is 7.85. The molecule has 2 fully saturated rings. The lowest BCUT2D eigenvalue weighted by Crippen LogP contribution is -2.59. The van der Waals surface area contributed by atoms with E-state index in [0.717, 1.165) is 25.7 Å². The molecule has 2 atom stereocenters. The Morgan fingerprint density at radius 3 is 2.48 bits per heavy atom. The maximum Gasteiger partial charge on any atom is 0.252 e. The molecule has 0 bridgehead atoms. The predicted octanol–water partition coefficient (Wildman–Crippen LogP) is 2.85. The third kappa shape index (κ3) is 4.49. The van der Waals surface area contributed by atoms with Gasteiger partial charge in [-0.15, -0.1) is 0 Å². The molecule has 0 unspecified atom stereocenters. The lowest BCUT2D eigenvalue weighted by atomic mass is 9.80. The van der Waals surface area contributed by atoms with Crippen molar-refractivity contribution < 1.29 is 14.4 Å². The van der Waals surface area contributed by atoms with E-state index in [0.29, 0.717) is 36.6 Å². The lowest BCUT2D eigenvalue weighted by molar-refractivity contribution is -0.128. The van der Waals surface area contributed by atoms with Crippen LogP contribution in [0.4, 0.5) is 5.69 Å². The normalized spacial score (nSPS) is 23.2. The standard InChI is InChI=1S/C21H29N3O3/c1-3-22-20(27)21(10-5-4-6-11-21)24-18(25)15-8-7-9-16(13-15)23-19(26)17-12-14(17)2/h7-9,13-14,17H,3-6,10-12H2,1-2H3,(H,22,27)(H,23,26)(H,24,25)/t14-,17+/m1/s1. The predicted molar refractivity (Wildman–Crippen MR) is 104 cm³/mol. The maximum absolute atomic E-state index is 12.9. The fraction of sp³-hybridized carbons (Fsp3) is 0.571. The number of hydrogen-bond acceptors (Lipinski definition) is 3. The highest BCUT2D eigenvalue weighted by atomic mass is 16.2. The van der Waals surface area contributed by atoms with E-state index in [9.17, 15) is 14.4 Å². The van der Waals surface area contributed by atoms with Crippen LogP contribution in [-0.4, -0.2) is 29.8 Å². The van der Waals surface area contributed by atoms with Gasteiger partial charge in [0.15, 0.2) is 0 Å². The van der Waals surface area contributed by atoms with Gasteiger partial charge >= 0.3 is 0 Å². The first kappa shape index (κ1) is 19.4. The molecule has 0 spiro atoms. The molecule has 1 aromatic rings. The van der Waals surface area contributed by atoms with Crippen molar-refractivity contribution in [1.82, 2.24) is 10.6 Å². The average molecular weight is 371 g/mol. The second kappa shape index (κ2) is 8.11. The van der Waals surface area contributed by atoms with Gasteiger partial charge in [-0.05, 0) is 50.3 Å². The average Bonchev–Trinajstić information content (AvgIpc) is 3.40. The number of carbonyl (C=O) groups is 3. The van der Waals surface area contributed by atoms with E-state index in [-0.39, 0.29) is 23.6 Å². The van der Waals surface area contributed by atoms with E-state index < -0.39 is 5.54 Å². The fourth-order valence-electron chi connectivity index (χ4n) is 3.84. The van der Waals surface area contributed by atoms with Crippen LogP contribution in [0.2, 0.25) is 0 Å². The molecule has 0 aromatic heterocycles. The monoisotopic (exact) mass is 371 g/mol. The Hall–Kier alpha value is -2.37. The molecular weight excluding hydrogens is 342 g/mol. The quantitative estimate of drug-likeness (QED) is 0.718. The van der Waals surface area contributed by atoms with E-state index in [4.69, 9.17) is 0 Å². The van der Waals surface area contributed by atoms with Crippen LogP contribution in [0, 0.1) is 11.8 Å². The number of benzene rings is 1. The summed E-state index contributed by atoms with van der Waals surface area (Å²) >= 11 is 0. The number of amides is 3. The molecule has 6 heteroatoms. The third-order valence-corrected chi connectivity index (χ3v) is 5.67. The minimum absolute atomic E-state index is 0.00568. The van der Waals surface area contributed by atoms with Gasteiger partial charge in [-0.25, -0.2) is 0 Å². The van der Waals surface area contributed by atoms with Crippen LogP contribution in [0.1, 0.15) is 62.7 Å². The van der Waals surface area contributed by atoms with Crippen molar-refractivity contribution in [3.05, 3.63) is 29.8 Å². The zero-order valence-electron chi connectivity index (χ0n) is 16.1. The van der Waals surface area contributed by atoms with Crippen LogP contribution in [-0.2, 0) is 9.59 Å². The first-order valence-electron chi connectivity index (χ1n) is 9.97. The van der Waals surface area contributed by atoms with Crippen molar-refractivity contribution in [2.24, 2.45) is 11.8 Å². The van der Waals surface area contributed by atoms with Crippen molar-refractivity contribution in [2.75, 3.05) is 11.9 Å². The van der Waals surface area contributed by atoms with Gasteiger partial charge in [-0.1, -0.05) is 32.3 Å². The van der Waals surface area contributed by atoms with Crippen LogP contribution in [0.25, 0.3) is 0 Å². The Bertz CT molecular complexity index is 725. The van der Waals surface area contributed by atoms with Crippen molar-refractivity contribution in [3.8, 4) is 0 Å². The molecule has 0 saturated heterocycles. The summed E-state index contributed by atoms with van der Waals surface area (Å²) in [5.41, 5.74) is 0.224. The zero-order chi connectivity index (χ0) is 19.4. The van der Waals surface area contributed by atoms with Gasteiger partial charge in [-0.2, -0.15) is 0 Å². The van der Waals surface area contributed by atoms with Crippen LogP contribution < -0.4 is 16.0 Å². The summed E-state index contributed by atoms with van der Waals surface area (Å²) in [7, 11) is 0. The number of rotatable bonds is 6. The van der Waals surface area contributed by atoms with E-state index in [1.807, 2.05) is 6.92 Å². The fourth-order valence-corrected chi connectivity index (χ4v) is 3.84. The smallest absolute Gasteiger partial charge is 0.252 e. The molecule has 0 aliphatic heterocycles. The molecule has 2 aliphatic rings. The molecule has 146 valence electrons. The minimum atomic E-state index is -0.839. The van der Waals surface area contributed by atoms with Crippen molar-refractivity contribution in [3.63, 3.8) is 0 Å². The highest BCUT2D eigenvalue weighted by molar-refractivity contribution is 6.01. The van der Waals surface area contributed by atoms with Gasteiger partial charge in [0.05, 0.1) is 0 Å². The Labute approximate surface area is 160 Å². The summed E-state index contributed by atoms with van der Waals surface area (Å²) in [6, 6.07) is 6.91. The lowest BCUT2D eigenvalue weighted by Gasteiger charge is -2.36. The van der Waals surface area contributed by atoms with Gasteiger partial charge in [0.1, 0.15) is 5.54 Å². The SMILES string of the molecule is CCNC(=O)C1(NC(=O)c2cccc(NC(=O)[C@H]3C[C@H]3C)c2)CCCCC1. The van der Waals surface area contributed by atoms with Gasteiger partial charge in [0.25, 0.3) is 5.91 Å². The number of likely N-dealkylation sites (N-methyl/N-ethyl adjacent to an activating group) is 1. The first-order chi connectivity index (χ1) is 12.9. The zero-order valence-corrected chi connectivity index (χ0v) is 16.1. The summed E-state index contributed by atoms with van der Waals surface area (Å²) < 4.78 is 0. The number of nitrogens with one attached hydrogen (secondary N) is 3. The minimum Gasteiger partial charge on any atom is -0.354 e. The molecule has 2 saturated carbocycles. The van der Waals surface area contributed by atoms with E-state index >= 15 is 0 Å². The molecule has 1 aromatic carbocycles. The molecule has 2 aliphatic carbocycles. The Kier molecular flexibility index (Phi) is 5.82. The van der Waals surface area contributed by atoms with Gasteiger partial charge < -0.3 is 16.0 Å². The molecule has 6 nitrogen and oxygen atoms in total. The summed E-state index contributed by atoms with van der Waals surface area (Å²) in [6.07, 6.45) is 5.15. The highest BCUT2D eigenvalue weighted by Gasteiger charge is 2.41. The van der Waals surface area contributed by atoms with Crippen LogP contribution in [0.15, 0.2) is 24.3 Å². The van der Waals surface area contributed by atoms with E-state index in [1.54, 1.807) is 24.3 Å². The topological polar surface area (TPSA) is 87.3 Å². The van der Waals surface area contributed by atoms with E-state index in [1.165, 1.54) is 0 Å².